The van der Waals surface area contributed by atoms with Gasteiger partial charge in [-0.05, 0) is 31.1 Å². The molecule has 0 fully saturated rings. The minimum Gasteiger partial charge on any atom is -0.478 e. The van der Waals surface area contributed by atoms with Crippen molar-refractivity contribution in [3.05, 3.63) is 36.4 Å². The number of nitrogens with one attached hydrogen (secondary N) is 1. The molecule has 0 aliphatic carbocycles. The highest BCUT2D eigenvalue weighted by molar-refractivity contribution is 7.51. The molecule has 0 saturated carbocycles. The van der Waals surface area contributed by atoms with E-state index in [9.17, 15) is 18.5 Å². The van der Waals surface area contributed by atoms with E-state index in [1.807, 2.05) is 0 Å². The Bertz CT molecular complexity index is 735. The van der Waals surface area contributed by atoms with Crippen molar-refractivity contribution in [1.29, 1.82) is 0 Å². The molecule has 1 amide bonds. The number of carboxylic acids is 1. The zero-order valence-corrected chi connectivity index (χ0v) is 16.9. The summed E-state index contributed by atoms with van der Waals surface area (Å²) in [6, 6.07) is 6.28. The third-order valence-corrected chi connectivity index (χ3v) is 4.79. The second-order valence-corrected chi connectivity index (χ2v) is 8.25. The Morgan fingerprint density at radius 1 is 1.10 bits per heavy atom. The third-order valence-electron chi connectivity index (χ3n) is 3.89. The highest BCUT2D eigenvalue weighted by Gasteiger charge is 2.12. The lowest BCUT2D eigenvalue weighted by molar-refractivity contribution is -0.131. The van der Waals surface area contributed by atoms with Crippen LogP contribution in [0.4, 0.5) is 10.1 Å². The van der Waals surface area contributed by atoms with Crippen molar-refractivity contribution in [3.8, 4) is 5.75 Å². The van der Waals surface area contributed by atoms with Gasteiger partial charge in [-0.3, -0.25) is 9.36 Å². The Kier molecular flexibility index (Phi) is 11.2. The summed E-state index contributed by atoms with van der Waals surface area (Å²) in [6.45, 7) is 0. The zero-order chi connectivity index (χ0) is 21.7. The van der Waals surface area contributed by atoms with Gasteiger partial charge in [0.25, 0.3) is 6.36 Å². The van der Waals surface area contributed by atoms with E-state index >= 15 is 0 Å². The molecule has 162 valence electrons. The Morgan fingerprint density at radius 3 is 2.38 bits per heavy atom. The topological polar surface area (TPSA) is 133 Å². The summed E-state index contributed by atoms with van der Waals surface area (Å²) >= 11 is 0. The highest BCUT2D eigenvalue weighted by Crippen LogP contribution is 2.35. The largest absolute Gasteiger partial charge is 0.478 e. The maximum atomic E-state index is 13.7. The van der Waals surface area contributed by atoms with Crippen molar-refractivity contribution in [2.24, 2.45) is 0 Å². The Hall–Kier alpha value is -2.22. The Morgan fingerprint density at radius 2 is 1.72 bits per heavy atom. The molecule has 0 saturated heterocycles. The van der Waals surface area contributed by atoms with E-state index in [0.717, 1.165) is 31.8 Å². The van der Waals surface area contributed by atoms with Gasteiger partial charge in [0.15, 0.2) is 0 Å². The number of halogens is 1. The van der Waals surface area contributed by atoms with E-state index in [2.05, 4.69) is 5.32 Å². The molecule has 1 atom stereocenters. The molecule has 0 bridgehead atoms. The number of ether oxygens (including phenoxy) is 1. The fourth-order valence-corrected chi connectivity index (χ4v) is 3.15. The molecule has 0 heterocycles. The first-order valence-corrected chi connectivity index (χ1v) is 11.1. The fraction of sp³-hybridized carbons (Fsp3) is 0.474. The first-order chi connectivity index (χ1) is 13.7. The molecule has 4 N–H and O–H groups in total. The molecule has 10 heteroatoms. The van der Waals surface area contributed by atoms with Crippen LogP contribution >= 0.6 is 7.60 Å². The van der Waals surface area contributed by atoms with Gasteiger partial charge in [0.1, 0.15) is 5.75 Å². The lowest BCUT2D eigenvalue weighted by Gasteiger charge is -2.13. The van der Waals surface area contributed by atoms with Crippen LogP contribution in [0.15, 0.2) is 36.4 Å². The van der Waals surface area contributed by atoms with Crippen molar-refractivity contribution in [3.63, 3.8) is 0 Å². The number of unbranched alkanes of at least 4 members (excludes halogenated alkanes) is 5. The van der Waals surface area contributed by atoms with Crippen LogP contribution in [-0.2, 0) is 14.2 Å². The van der Waals surface area contributed by atoms with Gasteiger partial charge in [-0.15, -0.1) is 0 Å². The molecular formula is C19H27FNO7P. The predicted molar refractivity (Wildman–Crippen MR) is 107 cm³/mol. The lowest BCUT2D eigenvalue weighted by Crippen LogP contribution is -2.14. The maximum absolute atomic E-state index is 13.7. The van der Waals surface area contributed by atoms with Crippen molar-refractivity contribution < 1.29 is 38.2 Å². The zero-order valence-electron chi connectivity index (χ0n) is 16.0. The second kappa shape index (κ2) is 13.1. The number of para-hydroxylation sites is 2. The molecule has 0 spiro atoms. The van der Waals surface area contributed by atoms with Gasteiger partial charge in [0.2, 0.25) is 5.91 Å². The third kappa shape index (κ3) is 12.8. The molecule has 0 aliphatic heterocycles. The van der Waals surface area contributed by atoms with E-state index in [4.69, 9.17) is 19.6 Å². The minimum atomic E-state index is -3.91. The second-order valence-electron chi connectivity index (χ2n) is 6.47. The summed E-state index contributed by atoms with van der Waals surface area (Å²) in [5.74, 6) is -1.45. The number of hydrogen-bond donors (Lipinski definition) is 4. The normalized spacial score (nSPS) is 12.7. The van der Waals surface area contributed by atoms with Crippen LogP contribution in [0.1, 0.15) is 44.9 Å². The van der Waals surface area contributed by atoms with Crippen molar-refractivity contribution in [2.75, 3.05) is 11.5 Å². The van der Waals surface area contributed by atoms with Crippen LogP contribution in [0.25, 0.3) is 0 Å². The monoisotopic (exact) mass is 431 g/mol. The van der Waals surface area contributed by atoms with Crippen LogP contribution in [0.3, 0.4) is 0 Å². The number of anilines is 1. The van der Waals surface area contributed by atoms with Gasteiger partial charge < -0.3 is 24.9 Å². The smallest absolute Gasteiger partial charge is 0.328 e. The molecule has 29 heavy (non-hydrogen) atoms. The van der Waals surface area contributed by atoms with Gasteiger partial charge in [0, 0.05) is 18.7 Å². The lowest BCUT2D eigenvalue weighted by atomic mass is 10.1. The summed E-state index contributed by atoms with van der Waals surface area (Å²) in [5, 5.41) is 11.2. The van der Waals surface area contributed by atoms with E-state index in [1.165, 1.54) is 6.07 Å². The van der Waals surface area contributed by atoms with E-state index < -0.39 is 19.9 Å². The van der Waals surface area contributed by atoms with Gasteiger partial charge in [-0.1, -0.05) is 37.8 Å². The molecule has 1 aromatic carbocycles. The standard InChI is InChI=1S/C19H27FNO7P/c20-17(12-13-19(23)24)28-16-10-7-6-9-15(16)21-18(22)11-5-3-1-2-4-8-14-29(25,26)27/h6-7,9-10,12-13,17H,1-5,8,11,14H2,(H,21,22)(H,23,24)(H2,25,26,27)/b13-12+. The summed E-state index contributed by atoms with van der Waals surface area (Å²) in [4.78, 5) is 40.0. The van der Waals surface area contributed by atoms with Gasteiger partial charge in [-0.2, -0.15) is 4.39 Å². The summed E-state index contributed by atoms with van der Waals surface area (Å²) in [5.41, 5.74) is 0.293. The quantitative estimate of drug-likeness (QED) is 0.200. The number of carboxylic acid groups (broad SMARTS) is 1. The summed E-state index contributed by atoms with van der Waals surface area (Å²) in [7, 11) is -3.91. The molecule has 8 nitrogen and oxygen atoms in total. The van der Waals surface area contributed by atoms with Crippen LogP contribution in [-0.4, -0.2) is 39.3 Å². The van der Waals surface area contributed by atoms with Crippen LogP contribution in [0.5, 0.6) is 5.75 Å². The number of alkyl halides is 1. The van der Waals surface area contributed by atoms with E-state index in [-0.39, 0.29) is 24.2 Å². The number of carbonyl (C=O) groups excluding carboxylic acids is 1. The molecule has 0 radical (unpaired) electrons. The molecule has 1 rings (SSSR count). The summed E-state index contributed by atoms with van der Waals surface area (Å²) < 4.78 is 29.4. The van der Waals surface area contributed by atoms with Crippen molar-refractivity contribution in [2.45, 2.75) is 51.3 Å². The first kappa shape index (κ1) is 24.8. The molecule has 1 unspecified atom stereocenters. The Labute approximate surface area is 168 Å². The predicted octanol–water partition coefficient (Wildman–Crippen LogP) is 3.85. The average Bonchev–Trinajstić information content (AvgIpc) is 2.63. The van der Waals surface area contributed by atoms with Crippen LogP contribution in [0.2, 0.25) is 0 Å². The van der Waals surface area contributed by atoms with Crippen LogP contribution in [0, 0.1) is 0 Å². The number of amides is 1. The van der Waals surface area contributed by atoms with Crippen LogP contribution < -0.4 is 10.1 Å². The summed E-state index contributed by atoms with van der Waals surface area (Å²) in [6.07, 6.45) is 4.01. The minimum absolute atomic E-state index is 0.0912. The van der Waals surface area contributed by atoms with E-state index in [0.29, 0.717) is 24.6 Å². The number of benzene rings is 1. The highest BCUT2D eigenvalue weighted by atomic mass is 31.2. The molecule has 0 aromatic heterocycles. The van der Waals surface area contributed by atoms with Gasteiger partial charge >= 0.3 is 13.6 Å². The molecule has 0 aliphatic rings. The Balaban J connectivity index is 2.32. The number of hydrogen-bond acceptors (Lipinski definition) is 4. The number of rotatable bonds is 14. The van der Waals surface area contributed by atoms with Crippen molar-refractivity contribution >= 4 is 25.2 Å². The molecular weight excluding hydrogens is 404 g/mol. The van der Waals surface area contributed by atoms with Gasteiger partial charge in [0.05, 0.1) is 5.69 Å². The SMILES string of the molecule is O=C(O)/C=C/C(F)Oc1ccccc1NC(=O)CCCCCCCCP(=O)(O)O. The molecule has 1 aromatic rings. The number of aliphatic carboxylic acids is 1. The number of carbonyl (C=O) groups is 2. The van der Waals surface area contributed by atoms with E-state index in [1.54, 1.807) is 18.2 Å². The van der Waals surface area contributed by atoms with Gasteiger partial charge in [-0.25, -0.2) is 4.79 Å². The average molecular weight is 431 g/mol. The fourth-order valence-electron chi connectivity index (χ4n) is 2.51. The maximum Gasteiger partial charge on any atom is 0.328 e. The van der Waals surface area contributed by atoms with Crippen molar-refractivity contribution in [1.82, 2.24) is 0 Å². The first-order valence-electron chi connectivity index (χ1n) is 9.32.